The van der Waals surface area contributed by atoms with Crippen LogP contribution in [0.2, 0.25) is 0 Å². The summed E-state index contributed by atoms with van der Waals surface area (Å²) in [5.74, 6) is 0.164. The number of rotatable bonds is 3. The van der Waals surface area contributed by atoms with E-state index in [-0.39, 0.29) is 11.9 Å². The van der Waals surface area contributed by atoms with Crippen molar-refractivity contribution < 1.29 is 9.53 Å². The van der Waals surface area contributed by atoms with Crippen molar-refractivity contribution in [2.45, 2.75) is 26.0 Å². The van der Waals surface area contributed by atoms with Crippen LogP contribution in [-0.2, 0) is 4.74 Å². The van der Waals surface area contributed by atoms with Gasteiger partial charge in [-0.15, -0.1) is 0 Å². The Bertz CT molecular complexity index is 436. The SMILES string of the molecule is CC1CN(CC(=O)c2cccc(Br)c2)C(C)CO1. The number of carbonyl (C=O) groups is 1. The number of morpholine rings is 1. The van der Waals surface area contributed by atoms with Crippen LogP contribution >= 0.6 is 15.9 Å². The molecule has 2 unspecified atom stereocenters. The van der Waals surface area contributed by atoms with Crippen LogP contribution in [0.1, 0.15) is 24.2 Å². The van der Waals surface area contributed by atoms with Gasteiger partial charge in [0.05, 0.1) is 19.3 Å². The predicted octanol–water partition coefficient (Wildman–Crippen LogP) is 2.74. The Labute approximate surface area is 116 Å². The molecule has 3 nitrogen and oxygen atoms in total. The van der Waals surface area contributed by atoms with Crippen molar-refractivity contribution in [3.8, 4) is 0 Å². The van der Waals surface area contributed by atoms with Crippen LogP contribution in [-0.4, -0.2) is 42.5 Å². The van der Waals surface area contributed by atoms with Gasteiger partial charge in [-0.2, -0.15) is 0 Å². The fourth-order valence-corrected chi connectivity index (χ4v) is 2.53. The lowest BCUT2D eigenvalue weighted by Crippen LogP contribution is -2.49. The molecule has 98 valence electrons. The highest BCUT2D eigenvalue weighted by Crippen LogP contribution is 2.15. The maximum Gasteiger partial charge on any atom is 0.176 e. The van der Waals surface area contributed by atoms with E-state index in [1.54, 1.807) is 0 Å². The minimum Gasteiger partial charge on any atom is -0.376 e. The fraction of sp³-hybridized carbons (Fsp3) is 0.500. The number of carbonyl (C=O) groups excluding carboxylic acids is 1. The summed E-state index contributed by atoms with van der Waals surface area (Å²) in [6.45, 7) is 6.13. The highest BCUT2D eigenvalue weighted by molar-refractivity contribution is 9.10. The highest BCUT2D eigenvalue weighted by atomic mass is 79.9. The van der Waals surface area contributed by atoms with Gasteiger partial charge in [-0.25, -0.2) is 0 Å². The van der Waals surface area contributed by atoms with Gasteiger partial charge in [0, 0.05) is 22.6 Å². The number of hydrogen-bond donors (Lipinski definition) is 0. The van der Waals surface area contributed by atoms with E-state index in [2.05, 4.69) is 27.8 Å². The standard InChI is InChI=1S/C14H18BrNO2/c1-10-9-18-11(2)7-16(10)8-14(17)12-4-3-5-13(15)6-12/h3-6,10-11H,7-9H2,1-2H3. The van der Waals surface area contributed by atoms with Gasteiger partial charge in [-0.05, 0) is 26.0 Å². The summed E-state index contributed by atoms with van der Waals surface area (Å²) in [5.41, 5.74) is 0.760. The van der Waals surface area contributed by atoms with Crippen LogP contribution in [0.25, 0.3) is 0 Å². The number of ketones is 1. The lowest BCUT2D eigenvalue weighted by molar-refractivity contribution is -0.0460. The van der Waals surface area contributed by atoms with Crippen LogP contribution in [0.4, 0.5) is 0 Å². The smallest absolute Gasteiger partial charge is 0.176 e. The second kappa shape index (κ2) is 5.95. The van der Waals surface area contributed by atoms with Crippen molar-refractivity contribution in [1.82, 2.24) is 4.90 Å². The molecular formula is C14H18BrNO2. The average molecular weight is 312 g/mol. The summed E-state index contributed by atoms with van der Waals surface area (Å²) >= 11 is 3.39. The molecule has 1 aliphatic heterocycles. The Hall–Kier alpha value is -0.710. The first-order valence-electron chi connectivity index (χ1n) is 6.20. The minimum absolute atomic E-state index is 0.164. The van der Waals surface area contributed by atoms with E-state index in [9.17, 15) is 4.79 Å². The third-order valence-electron chi connectivity index (χ3n) is 3.23. The Kier molecular flexibility index (Phi) is 4.54. The number of nitrogens with zero attached hydrogens (tertiary/aromatic N) is 1. The maximum atomic E-state index is 12.2. The zero-order valence-corrected chi connectivity index (χ0v) is 12.3. The average Bonchev–Trinajstić information content (AvgIpc) is 2.34. The summed E-state index contributed by atoms with van der Waals surface area (Å²) in [4.78, 5) is 14.4. The van der Waals surface area contributed by atoms with E-state index < -0.39 is 0 Å². The molecule has 1 aromatic carbocycles. The summed E-state index contributed by atoms with van der Waals surface area (Å²) in [6.07, 6.45) is 0.205. The molecule has 1 fully saturated rings. The summed E-state index contributed by atoms with van der Waals surface area (Å²) in [7, 11) is 0. The largest absolute Gasteiger partial charge is 0.376 e. The number of halogens is 1. The topological polar surface area (TPSA) is 29.5 Å². The fourth-order valence-electron chi connectivity index (χ4n) is 2.13. The van der Waals surface area contributed by atoms with Gasteiger partial charge in [-0.3, -0.25) is 9.69 Å². The van der Waals surface area contributed by atoms with E-state index in [0.717, 1.165) is 16.6 Å². The molecular weight excluding hydrogens is 294 g/mol. The normalized spacial score (nSPS) is 25.1. The first-order valence-corrected chi connectivity index (χ1v) is 7.00. The molecule has 0 aromatic heterocycles. The van der Waals surface area contributed by atoms with Gasteiger partial charge < -0.3 is 4.74 Å². The third kappa shape index (κ3) is 3.40. The first-order chi connectivity index (χ1) is 8.56. The van der Waals surface area contributed by atoms with Gasteiger partial charge in [0.1, 0.15) is 0 Å². The molecule has 18 heavy (non-hydrogen) atoms. The molecule has 1 saturated heterocycles. The van der Waals surface area contributed by atoms with Crippen LogP contribution in [0.3, 0.4) is 0 Å². The van der Waals surface area contributed by atoms with Crippen LogP contribution in [0.15, 0.2) is 28.7 Å². The van der Waals surface area contributed by atoms with Crippen LogP contribution in [0.5, 0.6) is 0 Å². The molecule has 1 aliphatic rings. The summed E-state index contributed by atoms with van der Waals surface area (Å²) < 4.78 is 6.51. The monoisotopic (exact) mass is 311 g/mol. The third-order valence-corrected chi connectivity index (χ3v) is 3.72. The molecule has 2 rings (SSSR count). The molecule has 4 heteroatoms. The highest BCUT2D eigenvalue weighted by Gasteiger charge is 2.25. The Morgan fingerprint density at radius 3 is 3.00 bits per heavy atom. The van der Waals surface area contributed by atoms with Crippen LogP contribution < -0.4 is 0 Å². The van der Waals surface area contributed by atoms with Crippen molar-refractivity contribution in [1.29, 1.82) is 0 Å². The van der Waals surface area contributed by atoms with E-state index >= 15 is 0 Å². The lowest BCUT2D eigenvalue weighted by Gasteiger charge is -2.36. The molecule has 0 radical (unpaired) electrons. The molecule has 2 atom stereocenters. The van der Waals surface area contributed by atoms with E-state index in [4.69, 9.17) is 4.74 Å². The Balaban J connectivity index is 2.02. The molecule has 0 amide bonds. The minimum atomic E-state index is 0.164. The molecule has 0 bridgehead atoms. The Morgan fingerprint density at radius 2 is 2.28 bits per heavy atom. The molecule has 0 spiro atoms. The summed E-state index contributed by atoms with van der Waals surface area (Å²) in [5, 5.41) is 0. The van der Waals surface area contributed by atoms with Gasteiger partial charge >= 0.3 is 0 Å². The molecule has 0 saturated carbocycles. The van der Waals surface area contributed by atoms with E-state index in [0.29, 0.717) is 19.2 Å². The van der Waals surface area contributed by atoms with Crippen LogP contribution in [0, 0.1) is 0 Å². The number of Topliss-reactive ketones (excluding diaryl/α,β-unsaturated/α-hetero) is 1. The maximum absolute atomic E-state index is 12.2. The number of hydrogen-bond acceptors (Lipinski definition) is 3. The van der Waals surface area contributed by atoms with Crippen molar-refractivity contribution >= 4 is 21.7 Å². The quantitative estimate of drug-likeness (QED) is 0.804. The zero-order valence-electron chi connectivity index (χ0n) is 10.7. The van der Waals surface area contributed by atoms with Gasteiger partial charge in [-0.1, -0.05) is 28.1 Å². The molecule has 0 N–H and O–H groups in total. The lowest BCUT2D eigenvalue weighted by atomic mass is 10.1. The number of ether oxygens (including phenoxy) is 1. The second-order valence-corrected chi connectivity index (χ2v) is 5.77. The molecule has 0 aliphatic carbocycles. The van der Waals surface area contributed by atoms with Crippen molar-refractivity contribution in [3.05, 3.63) is 34.3 Å². The van der Waals surface area contributed by atoms with Gasteiger partial charge in [0.25, 0.3) is 0 Å². The predicted molar refractivity (Wildman–Crippen MR) is 74.9 cm³/mol. The second-order valence-electron chi connectivity index (χ2n) is 4.86. The number of benzene rings is 1. The summed E-state index contributed by atoms with van der Waals surface area (Å²) in [6, 6.07) is 7.86. The first kappa shape index (κ1) is 13.7. The Morgan fingerprint density at radius 1 is 1.50 bits per heavy atom. The van der Waals surface area contributed by atoms with E-state index in [1.165, 1.54) is 0 Å². The van der Waals surface area contributed by atoms with Crippen molar-refractivity contribution in [2.75, 3.05) is 19.7 Å². The van der Waals surface area contributed by atoms with Gasteiger partial charge in [0.2, 0.25) is 0 Å². The van der Waals surface area contributed by atoms with E-state index in [1.807, 2.05) is 31.2 Å². The molecule has 1 aromatic rings. The van der Waals surface area contributed by atoms with Gasteiger partial charge in [0.15, 0.2) is 5.78 Å². The van der Waals surface area contributed by atoms with Crippen molar-refractivity contribution in [2.24, 2.45) is 0 Å². The zero-order chi connectivity index (χ0) is 13.1. The molecule has 1 heterocycles. The van der Waals surface area contributed by atoms with Crippen molar-refractivity contribution in [3.63, 3.8) is 0 Å².